The van der Waals surface area contributed by atoms with Crippen LogP contribution >= 0.6 is 0 Å². The van der Waals surface area contributed by atoms with E-state index in [-0.39, 0.29) is 11.3 Å². The summed E-state index contributed by atoms with van der Waals surface area (Å²) in [5, 5.41) is 9.81. The summed E-state index contributed by atoms with van der Waals surface area (Å²) in [5.41, 5.74) is 0.717. The lowest BCUT2D eigenvalue weighted by atomic mass is 10.1. The third kappa shape index (κ3) is 3.60. The highest BCUT2D eigenvalue weighted by Crippen LogP contribution is 2.23. The lowest BCUT2D eigenvalue weighted by Crippen LogP contribution is -2.32. The summed E-state index contributed by atoms with van der Waals surface area (Å²) in [6.07, 6.45) is 1.77. The second-order valence-electron chi connectivity index (χ2n) is 4.81. The molecule has 0 unspecified atom stereocenters. The van der Waals surface area contributed by atoms with Crippen LogP contribution in [0.3, 0.4) is 0 Å². The van der Waals surface area contributed by atoms with Gasteiger partial charge in [0.05, 0.1) is 5.56 Å². The number of nitrogens with zero attached hydrogens (tertiary/aromatic N) is 1. The Morgan fingerprint density at radius 2 is 1.90 bits per heavy atom. The van der Waals surface area contributed by atoms with Crippen molar-refractivity contribution >= 4 is 11.6 Å². The average molecular weight is 287 g/mol. The molecule has 0 aliphatic rings. The summed E-state index contributed by atoms with van der Waals surface area (Å²) < 4.78 is 13.3. The fourth-order valence-corrected chi connectivity index (χ4v) is 2.10. The molecule has 0 saturated carbocycles. The van der Waals surface area contributed by atoms with E-state index in [1.165, 1.54) is 6.07 Å². The highest BCUT2D eigenvalue weighted by molar-refractivity contribution is 6.07. The number of halogens is 1. The van der Waals surface area contributed by atoms with Gasteiger partial charge in [-0.2, -0.15) is 0 Å². The molecule has 0 bridgehead atoms. The van der Waals surface area contributed by atoms with Crippen LogP contribution in [0.1, 0.15) is 30.1 Å². The van der Waals surface area contributed by atoms with Crippen LogP contribution in [0.15, 0.2) is 48.5 Å². The lowest BCUT2D eigenvalue weighted by molar-refractivity contribution is 0.0983. The molecular weight excluding hydrogens is 269 g/mol. The number of aromatic hydroxyl groups is 1. The minimum absolute atomic E-state index is 0.0186. The molecule has 0 radical (unpaired) electrons. The Balaban J connectivity index is 2.36. The fraction of sp³-hybridized carbons (Fsp3) is 0.235. The van der Waals surface area contributed by atoms with E-state index in [9.17, 15) is 14.3 Å². The first kappa shape index (κ1) is 15.0. The molecule has 0 aliphatic heterocycles. The molecule has 0 fully saturated rings. The van der Waals surface area contributed by atoms with Gasteiger partial charge in [-0.15, -0.1) is 0 Å². The zero-order chi connectivity index (χ0) is 15.2. The molecule has 1 N–H and O–H groups in total. The molecule has 110 valence electrons. The van der Waals surface area contributed by atoms with Crippen molar-refractivity contribution in [1.29, 1.82) is 0 Å². The monoisotopic (exact) mass is 287 g/mol. The highest BCUT2D eigenvalue weighted by Gasteiger charge is 2.20. The van der Waals surface area contributed by atoms with Crippen molar-refractivity contribution in [2.75, 3.05) is 11.4 Å². The summed E-state index contributed by atoms with van der Waals surface area (Å²) in [7, 11) is 0. The summed E-state index contributed by atoms with van der Waals surface area (Å²) in [6.45, 7) is 2.56. The number of para-hydroxylation sites is 1. The molecule has 21 heavy (non-hydrogen) atoms. The number of carbonyl (C=O) groups is 1. The van der Waals surface area contributed by atoms with Gasteiger partial charge in [0.1, 0.15) is 11.6 Å². The summed E-state index contributed by atoms with van der Waals surface area (Å²) in [5.74, 6) is -1.15. The van der Waals surface area contributed by atoms with E-state index in [2.05, 4.69) is 0 Å². The first-order valence-electron chi connectivity index (χ1n) is 6.99. The Bertz CT molecular complexity index is 613. The van der Waals surface area contributed by atoms with E-state index in [0.717, 1.165) is 30.7 Å². The van der Waals surface area contributed by atoms with E-state index in [1.807, 2.05) is 37.3 Å². The third-order valence-electron chi connectivity index (χ3n) is 3.24. The molecule has 2 rings (SSSR count). The first-order chi connectivity index (χ1) is 10.1. The number of unbranched alkanes of at least 4 members (excludes halogenated alkanes) is 1. The maximum Gasteiger partial charge on any atom is 0.262 e. The number of phenols is 1. The van der Waals surface area contributed by atoms with Crippen LogP contribution in [0.25, 0.3) is 0 Å². The number of benzene rings is 2. The number of amides is 1. The summed E-state index contributed by atoms with van der Waals surface area (Å²) in [4.78, 5) is 14.2. The van der Waals surface area contributed by atoms with Crippen molar-refractivity contribution in [2.45, 2.75) is 19.8 Å². The van der Waals surface area contributed by atoms with E-state index < -0.39 is 11.7 Å². The van der Waals surface area contributed by atoms with Crippen molar-refractivity contribution in [3.05, 3.63) is 59.9 Å². The second-order valence-corrected chi connectivity index (χ2v) is 4.81. The molecule has 3 nitrogen and oxygen atoms in total. The third-order valence-corrected chi connectivity index (χ3v) is 3.24. The number of phenolic OH excluding ortho intramolecular Hbond substituents is 1. The summed E-state index contributed by atoms with van der Waals surface area (Å²) >= 11 is 0. The Morgan fingerprint density at radius 1 is 1.19 bits per heavy atom. The van der Waals surface area contributed by atoms with Gasteiger partial charge >= 0.3 is 0 Å². The summed E-state index contributed by atoms with van der Waals surface area (Å²) in [6, 6.07) is 12.6. The Kier molecular flexibility index (Phi) is 4.93. The van der Waals surface area contributed by atoms with Gasteiger partial charge < -0.3 is 10.0 Å². The van der Waals surface area contributed by atoms with Crippen LogP contribution in [0.4, 0.5) is 10.1 Å². The SMILES string of the molecule is CCCCN(C(=O)c1cc(F)ccc1O)c1ccccc1. The standard InChI is InChI=1S/C17H18FNO2/c1-2-3-11-19(14-7-5-4-6-8-14)17(21)15-12-13(18)9-10-16(15)20/h4-10,12,20H,2-3,11H2,1H3. The van der Waals surface area contributed by atoms with Gasteiger partial charge in [0.25, 0.3) is 5.91 Å². The minimum Gasteiger partial charge on any atom is -0.507 e. The number of rotatable bonds is 5. The van der Waals surface area contributed by atoms with Crippen molar-refractivity contribution < 1.29 is 14.3 Å². The number of carbonyl (C=O) groups excluding carboxylic acids is 1. The van der Waals surface area contributed by atoms with E-state index in [0.29, 0.717) is 6.54 Å². The normalized spacial score (nSPS) is 10.4. The largest absolute Gasteiger partial charge is 0.507 e. The lowest BCUT2D eigenvalue weighted by Gasteiger charge is -2.23. The molecule has 1 amide bonds. The molecule has 0 aliphatic carbocycles. The molecule has 2 aromatic rings. The molecule has 2 aromatic carbocycles. The maximum absolute atomic E-state index is 13.3. The first-order valence-corrected chi connectivity index (χ1v) is 6.99. The van der Waals surface area contributed by atoms with Gasteiger partial charge in [0, 0.05) is 12.2 Å². The van der Waals surface area contributed by atoms with Gasteiger partial charge in [0.15, 0.2) is 0 Å². The van der Waals surface area contributed by atoms with E-state index >= 15 is 0 Å². The minimum atomic E-state index is -0.542. The molecule has 0 spiro atoms. The molecule has 0 aromatic heterocycles. The van der Waals surface area contributed by atoms with Crippen molar-refractivity contribution in [1.82, 2.24) is 0 Å². The van der Waals surface area contributed by atoms with Gasteiger partial charge in [-0.05, 0) is 36.8 Å². The second kappa shape index (κ2) is 6.88. The van der Waals surface area contributed by atoms with Crippen LogP contribution in [0.2, 0.25) is 0 Å². The van der Waals surface area contributed by atoms with Gasteiger partial charge in [0.2, 0.25) is 0 Å². The van der Waals surface area contributed by atoms with Gasteiger partial charge in [-0.25, -0.2) is 4.39 Å². The maximum atomic E-state index is 13.3. The van der Waals surface area contributed by atoms with Gasteiger partial charge in [-0.1, -0.05) is 31.5 Å². The Hall–Kier alpha value is -2.36. The van der Waals surface area contributed by atoms with Crippen LogP contribution in [0.5, 0.6) is 5.75 Å². The topological polar surface area (TPSA) is 40.5 Å². The number of hydrogen-bond donors (Lipinski definition) is 1. The van der Waals surface area contributed by atoms with Crippen LogP contribution in [0, 0.1) is 5.82 Å². The average Bonchev–Trinajstić information content (AvgIpc) is 2.51. The fourth-order valence-electron chi connectivity index (χ4n) is 2.10. The van der Waals surface area contributed by atoms with Crippen LogP contribution in [-0.2, 0) is 0 Å². The van der Waals surface area contributed by atoms with Crippen LogP contribution in [-0.4, -0.2) is 17.6 Å². The van der Waals surface area contributed by atoms with E-state index in [4.69, 9.17) is 0 Å². The molecule has 4 heteroatoms. The van der Waals surface area contributed by atoms with E-state index in [1.54, 1.807) is 4.90 Å². The van der Waals surface area contributed by atoms with Crippen molar-refractivity contribution in [2.24, 2.45) is 0 Å². The highest BCUT2D eigenvalue weighted by atomic mass is 19.1. The molecular formula is C17H18FNO2. The number of hydrogen-bond acceptors (Lipinski definition) is 2. The van der Waals surface area contributed by atoms with Crippen molar-refractivity contribution in [3.63, 3.8) is 0 Å². The molecule has 0 atom stereocenters. The molecule has 0 saturated heterocycles. The zero-order valence-electron chi connectivity index (χ0n) is 11.9. The Morgan fingerprint density at radius 3 is 2.57 bits per heavy atom. The van der Waals surface area contributed by atoms with Crippen LogP contribution < -0.4 is 4.90 Å². The quantitative estimate of drug-likeness (QED) is 0.903. The van der Waals surface area contributed by atoms with Gasteiger partial charge in [-0.3, -0.25) is 4.79 Å². The Labute approximate surface area is 123 Å². The zero-order valence-corrected chi connectivity index (χ0v) is 11.9. The predicted octanol–water partition coefficient (Wildman–Crippen LogP) is 3.98. The van der Waals surface area contributed by atoms with Crippen molar-refractivity contribution in [3.8, 4) is 5.75 Å². The smallest absolute Gasteiger partial charge is 0.262 e. The predicted molar refractivity (Wildman–Crippen MR) is 81.1 cm³/mol. The molecule has 0 heterocycles. The number of anilines is 1.